The van der Waals surface area contributed by atoms with Crippen molar-refractivity contribution >= 4 is 23.9 Å². The predicted octanol–water partition coefficient (Wildman–Crippen LogP) is 7.16. The maximum atomic E-state index is 13.3. The van der Waals surface area contributed by atoms with Gasteiger partial charge in [-0.05, 0) is 12.8 Å². The molecule has 0 radical (unpaired) electrons. The van der Waals surface area contributed by atoms with Crippen molar-refractivity contribution in [1.82, 2.24) is 0 Å². The number of carbonyl (C=O) groups excluding carboxylic acids is 4. The van der Waals surface area contributed by atoms with E-state index < -0.39 is 86.6 Å². The highest BCUT2D eigenvalue weighted by Crippen LogP contribution is 2.31. The van der Waals surface area contributed by atoms with Crippen LogP contribution in [0.3, 0.4) is 0 Å². The van der Waals surface area contributed by atoms with E-state index in [0.717, 1.165) is 58.3 Å². The van der Waals surface area contributed by atoms with Crippen LogP contribution in [-0.2, 0) is 47.6 Å². The Kier molecular flexibility index (Phi) is 30.2. The first-order chi connectivity index (χ1) is 26.5. The van der Waals surface area contributed by atoms with E-state index in [1.165, 1.54) is 84.0 Å². The van der Waals surface area contributed by atoms with Crippen LogP contribution in [-0.4, -0.2) is 102 Å². The fourth-order valence-electron chi connectivity index (χ4n) is 6.65. The molecule has 1 aliphatic heterocycles. The lowest BCUT2D eigenvalue weighted by Gasteiger charge is -2.44. The fourth-order valence-corrected chi connectivity index (χ4v) is 6.65. The van der Waals surface area contributed by atoms with Crippen molar-refractivity contribution < 1.29 is 62.9 Å². The summed E-state index contributed by atoms with van der Waals surface area (Å²) in [5.41, 5.74) is 0. The molecule has 0 spiro atoms. The van der Waals surface area contributed by atoms with E-state index in [1.807, 2.05) is 0 Å². The van der Waals surface area contributed by atoms with Gasteiger partial charge in [0.15, 0.2) is 24.6 Å². The Labute approximate surface area is 330 Å². The van der Waals surface area contributed by atoms with E-state index in [2.05, 4.69) is 13.8 Å². The Hall–Kier alpha value is -2.32. The standard InChI is InChI=1S/C42H76O13/c1-5-7-9-11-13-15-17-19-21-23-25-27-37(48)54-40-39(52-33(4)45)36(31-50-32(3)44)53-42(51-30-35(47)34(46)29-43)41(40)55-38(49)28-26-24-22-20-18-16-14-12-10-8-6-2/h34-36,39-43,46-47H,5-31H2,1-4H3/t34?,35?,36-,39-,40+,41+,42?/m1/s1. The fraction of sp³-hybridized carbons (Fsp3) is 0.905. The van der Waals surface area contributed by atoms with Crippen molar-refractivity contribution in [2.24, 2.45) is 0 Å². The average Bonchev–Trinajstić information content (AvgIpc) is 3.15. The smallest absolute Gasteiger partial charge is 0.306 e. The number of hydrogen-bond acceptors (Lipinski definition) is 13. The number of rotatable bonds is 34. The highest BCUT2D eigenvalue weighted by molar-refractivity contribution is 5.71. The third-order valence-corrected chi connectivity index (χ3v) is 9.91. The number of ether oxygens (including phenoxy) is 6. The molecule has 0 amide bonds. The van der Waals surface area contributed by atoms with Gasteiger partial charge in [-0.3, -0.25) is 19.2 Å². The number of hydrogen-bond donors (Lipinski definition) is 3. The summed E-state index contributed by atoms with van der Waals surface area (Å²) < 4.78 is 34.3. The van der Waals surface area contributed by atoms with E-state index in [-0.39, 0.29) is 12.8 Å². The van der Waals surface area contributed by atoms with Gasteiger partial charge < -0.3 is 43.7 Å². The zero-order valence-corrected chi connectivity index (χ0v) is 34.6. The minimum atomic E-state index is -1.54. The summed E-state index contributed by atoms with van der Waals surface area (Å²) in [6, 6.07) is 0. The lowest BCUT2D eigenvalue weighted by atomic mass is 9.97. The molecule has 0 bridgehead atoms. The zero-order chi connectivity index (χ0) is 40.7. The summed E-state index contributed by atoms with van der Waals surface area (Å²) in [5, 5.41) is 29.5. The van der Waals surface area contributed by atoms with Gasteiger partial charge in [-0.15, -0.1) is 0 Å². The molecule has 0 saturated carbocycles. The second kappa shape index (κ2) is 32.7. The lowest BCUT2D eigenvalue weighted by molar-refractivity contribution is -0.312. The number of esters is 4. The molecule has 0 aromatic rings. The average molecular weight is 789 g/mol. The Balaban J connectivity index is 3.00. The third kappa shape index (κ3) is 24.8. The number of carbonyl (C=O) groups is 4. The van der Waals surface area contributed by atoms with Gasteiger partial charge in [0, 0.05) is 26.7 Å². The summed E-state index contributed by atoms with van der Waals surface area (Å²) in [7, 11) is 0. The Bertz CT molecular complexity index is 1010. The van der Waals surface area contributed by atoms with Crippen molar-refractivity contribution in [3.8, 4) is 0 Å². The first-order valence-electron chi connectivity index (χ1n) is 21.5. The summed E-state index contributed by atoms with van der Waals surface area (Å²) in [5.74, 6) is -2.60. The van der Waals surface area contributed by atoms with Gasteiger partial charge in [-0.2, -0.15) is 0 Å². The molecule has 0 aliphatic carbocycles. The molecular weight excluding hydrogens is 712 g/mol. The Morgan fingerprint density at radius 2 is 0.964 bits per heavy atom. The van der Waals surface area contributed by atoms with Crippen LogP contribution in [0.1, 0.15) is 182 Å². The predicted molar refractivity (Wildman–Crippen MR) is 208 cm³/mol. The van der Waals surface area contributed by atoms with Gasteiger partial charge in [0.25, 0.3) is 0 Å². The van der Waals surface area contributed by atoms with E-state index >= 15 is 0 Å². The molecule has 322 valence electrons. The van der Waals surface area contributed by atoms with Crippen LogP contribution in [0.5, 0.6) is 0 Å². The van der Waals surface area contributed by atoms with Crippen LogP contribution in [0.15, 0.2) is 0 Å². The largest absolute Gasteiger partial charge is 0.463 e. The van der Waals surface area contributed by atoms with E-state index in [1.54, 1.807) is 0 Å². The summed E-state index contributed by atoms with van der Waals surface area (Å²) in [6.07, 6.45) is 14.5. The molecule has 13 nitrogen and oxygen atoms in total. The monoisotopic (exact) mass is 789 g/mol. The van der Waals surface area contributed by atoms with E-state index in [9.17, 15) is 34.5 Å². The van der Waals surface area contributed by atoms with Crippen molar-refractivity contribution in [3.63, 3.8) is 0 Å². The molecule has 1 fully saturated rings. The van der Waals surface area contributed by atoms with Crippen molar-refractivity contribution in [2.75, 3.05) is 19.8 Å². The molecule has 1 saturated heterocycles. The molecule has 3 N–H and O–H groups in total. The normalized spacial score (nSPS) is 20.7. The van der Waals surface area contributed by atoms with Crippen LogP contribution in [0, 0.1) is 0 Å². The van der Waals surface area contributed by atoms with Gasteiger partial charge in [-0.1, -0.05) is 142 Å². The molecule has 1 heterocycles. The van der Waals surface area contributed by atoms with Crippen LogP contribution >= 0.6 is 0 Å². The first kappa shape index (κ1) is 50.7. The topological polar surface area (TPSA) is 184 Å². The maximum absolute atomic E-state index is 13.3. The number of aliphatic hydroxyl groups is 3. The van der Waals surface area contributed by atoms with Crippen molar-refractivity contribution in [2.45, 2.75) is 225 Å². The van der Waals surface area contributed by atoms with Crippen LogP contribution < -0.4 is 0 Å². The van der Waals surface area contributed by atoms with E-state index in [0.29, 0.717) is 12.8 Å². The molecule has 0 aromatic heterocycles. The molecule has 1 rings (SSSR count). The molecule has 1 aliphatic rings. The third-order valence-electron chi connectivity index (χ3n) is 9.91. The van der Waals surface area contributed by atoms with Gasteiger partial charge in [0.2, 0.25) is 0 Å². The van der Waals surface area contributed by atoms with E-state index in [4.69, 9.17) is 28.4 Å². The van der Waals surface area contributed by atoms with Gasteiger partial charge in [0.05, 0.1) is 13.2 Å². The SMILES string of the molecule is CCCCCCCCCCCCCC(=O)O[C@H]1[C@H](OC(C)=O)[C@@H](COC(C)=O)OC(OCC(O)C(O)CO)[C@H]1OC(=O)CCCCCCCCCCCCC. The van der Waals surface area contributed by atoms with Crippen molar-refractivity contribution in [3.05, 3.63) is 0 Å². The maximum Gasteiger partial charge on any atom is 0.306 e. The highest BCUT2D eigenvalue weighted by Gasteiger charge is 2.53. The summed E-state index contributed by atoms with van der Waals surface area (Å²) in [6.45, 7) is 5.06. The molecule has 13 heteroatoms. The second-order valence-corrected chi connectivity index (χ2v) is 15.1. The summed E-state index contributed by atoms with van der Waals surface area (Å²) >= 11 is 0. The highest BCUT2D eigenvalue weighted by atomic mass is 16.7. The van der Waals surface area contributed by atoms with Gasteiger partial charge >= 0.3 is 23.9 Å². The molecular formula is C42H76O13. The van der Waals surface area contributed by atoms with Gasteiger partial charge in [-0.25, -0.2) is 0 Å². The number of unbranched alkanes of at least 4 members (excludes halogenated alkanes) is 20. The lowest BCUT2D eigenvalue weighted by Crippen LogP contribution is -2.63. The van der Waals surface area contributed by atoms with Crippen LogP contribution in [0.2, 0.25) is 0 Å². The molecule has 3 unspecified atom stereocenters. The molecule has 0 aromatic carbocycles. The summed E-state index contributed by atoms with van der Waals surface area (Å²) in [4.78, 5) is 50.7. The quantitative estimate of drug-likeness (QED) is 0.0339. The zero-order valence-electron chi connectivity index (χ0n) is 34.6. The van der Waals surface area contributed by atoms with Gasteiger partial charge in [0.1, 0.15) is 24.9 Å². The van der Waals surface area contributed by atoms with Crippen LogP contribution in [0.25, 0.3) is 0 Å². The van der Waals surface area contributed by atoms with Crippen molar-refractivity contribution in [1.29, 1.82) is 0 Å². The van der Waals surface area contributed by atoms with Crippen LogP contribution in [0.4, 0.5) is 0 Å². The molecule has 7 atom stereocenters. The minimum absolute atomic E-state index is 0.0700. The Morgan fingerprint density at radius 1 is 0.545 bits per heavy atom. The molecule has 55 heavy (non-hydrogen) atoms. The second-order valence-electron chi connectivity index (χ2n) is 15.1. The number of aliphatic hydroxyl groups excluding tert-OH is 3. The minimum Gasteiger partial charge on any atom is -0.463 e. The Morgan fingerprint density at radius 3 is 1.36 bits per heavy atom. The first-order valence-corrected chi connectivity index (χ1v) is 21.5.